The van der Waals surface area contributed by atoms with Gasteiger partial charge in [-0.1, -0.05) is 6.07 Å². The summed E-state index contributed by atoms with van der Waals surface area (Å²) in [5.41, 5.74) is 4.05. The second-order valence-electron chi connectivity index (χ2n) is 8.36. The van der Waals surface area contributed by atoms with Crippen molar-refractivity contribution >= 4 is 21.4 Å². The first-order valence-corrected chi connectivity index (χ1v) is 12.8. The van der Waals surface area contributed by atoms with Crippen LogP contribution in [0.3, 0.4) is 0 Å². The molecule has 3 heterocycles. The van der Waals surface area contributed by atoms with E-state index in [1.165, 1.54) is 34.4 Å². The van der Waals surface area contributed by atoms with Gasteiger partial charge in [0.2, 0.25) is 10.0 Å². The van der Waals surface area contributed by atoms with Crippen molar-refractivity contribution in [2.75, 3.05) is 19.6 Å². The number of hydrogen-bond donors (Lipinski definition) is 0. The molecule has 0 spiro atoms. The average molecular weight is 417 g/mol. The Kier molecular flexibility index (Phi) is 5.07. The van der Waals surface area contributed by atoms with Gasteiger partial charge in [-0.2, -0.15) is 4.31 Å². The van der Waals surface area contributed by atoms with E-state index in [1.807, 2.05) is 29.5 Å². The van der Waals surface area contributed by atoms with Gasteiger partial charge in [0.05, 0.1) is 4.90 Å². The van der Waals surface area contributed by atoms with Crippen molar-refractivity contribution in [3.05, 3.63) is 51.2 Å². The van der Waals surface area contributed by atoms with Crippen LogP contribution in [0.25, 0.3) is 0 Å². The van der Waals surface area contributed by atoms with Gasteiger partial charge in [-0.05, 0) is 85.2 Å². The first-order valence-electron chi connectivity index (χ1n) is 10.5. The molecule has 1 saturated heterocycles. The number of sulfonamides is 1. The van der Waals surface area contributed by atoms with Crippen molar-refractivity contribution in [1.29, 1.82) is 0 Å². The van der Waals surface area contributed by atoms with Gasteiger partial charge < -0.3 is 0 Å². The zero-order chi connectivity index (χ0) is 19.1. The standard InChI is InChI=1S/C22H28N2O2S2/c25-28(26,21-6-5-17-3-1-2-4-18(17)15-21)24-12-7-20(8-13-24)23-11-9-22-19(16-23)10-14-27-22/h5-6,10,14-15,20H,1-4,7-9,11-13,16H2. The van der Waals surface area contributed by atoms with Crippen LogP contribution in [0.15, 0.2) is 34.5 Å². The lowest BCUT2D eigenvalue weighted by Crippen LogP contribution is -2.47. The summed E-state index contributed by atoms with van der Waals surface area (Å²) in [7, 11) is -3.37. The minimum Gasteiger partial charge on any atom is -0.296 e. The number of rotatable bonds is 3. The Labute approximate surface area is 172 Å². The Balaban J connectivity index is 1.26. The average Bonchev–Trinajstić information content (AvgIpc) is 3.21. The number of aryl methyl sites for hydroxylation is 2. The van der Waals surface area contributed by atoms with Gasteiger partial charge in [0.15, 0.2) is 0 Å². The Morgan fingerprint density at radius 3 is 2.50 bits per heavy atom. The number of piperidine rings is 1. The van der Waals surface area contributed by atoms with E-state index in [-0.39, 0.29) is 0 Å². The topological polar surface area (TPSA) is 40.6 Å². The van der Waals surface area contributed by atoms with Gasteiger partial charge in [-0.3, -0.25) is 4.90 Å². The summed E-state index contributed by atoms with van der Waals surface area (Å²) in [5, 5.41) is 2.20. The third kappa shape index (κ3) is 3.45. The highest BCUT2D eigenvalue weighted by Crippen LogP contribution is 2.30. The number of hydrogen-bond acceptors (Lipinski definition) is 4. The lowest BCUT2D eigenvalue weighted by atomic mass is 9.92. The molecule has 0 saturated carbocycles. The van der Waals surface area contributed by atoms with E-state index in [4.69, 9.17) is 0 Å². The van der Waals surface area contributed by atoms with E-state index in [2.05, 4.69) is 16.3 Å². The van der Waals surface area contributed by atoms with Crippen LogP contribution in [0, 0.1) is 0 Å². The molecule has 2 aromatic rings. The van der Waals surface area contributed by atoms with Crippen LogP contribution in [-0.2, 0) is 35.8 Å². The zero-order valence-corrected chi connectivity index (χ0v) is 17.9. The van der Waals surface area contributed by atoms with E-state index in [9.17, 15) is 8.42 Å². The fraction of sp³-hybridized carbons (Fsp3) is 0.545. The van der Waals surface area contributed by atoms with E-state index in [0.717, 1.165) is 45.2 Å². The van der Waals surface area contributed by atoms with Crippen LogP contribution >= 0.6 is 11.3 Å². The highest BCUT2D eigenvalue weighted by Gasteiger charge is 2.33. The fourth-order valence-electron chi connectivity index (χ4n) is 5.05. The molecule has 1 aliphatic carbocycles. The molecule has 150 valence electrons. The van der Waals surface area contributed by atoms with Crippen molar-refractivity contribution in [3.63, 3.8) is 0 Å². The zero-order valence-electron chi connectivity index (χ0n) is 16.3. The molecule has 0 unspecified atom stereocenters. The Bertz CT molecular complexity index is 959. The van der Waals surface area contributed by atoms with Crippen LogP contribution in [0.4, 0.5) is 0 Å². The Morgan fingerprint density at radius 1 is 0.893 bits per heavy atom. The molecule has 0 N–H and O–H groups in total. The maximum atomic E-state index is 13.2. The predicted molar refractivity (Wildman–Crippen MR) is 113 cm³/mol. The Morgan fingerprint density at radius 2 is 1.68 bits per heavy atom. The van der Waals surface area contributed by atoms with Gasteiger partial charge >= 0.3 is 0 Å². The third-order valence-corrected chi connectivity index (χ3v) is 9.65. The molecule has 0 bridgehead atoms. The minimum absolute atomic E-state index is 0.493. The van der Waals surface area contributed by atoms with E-state index >= 15 is 0 Å². The third-order valence-electron chi connectivity index (χ3n) is 6.73. The molecular formula is C22H28N2O2S2. The molecule has 2 aliphatic heterocycles. The molecule has 28 heavy (non-hydrogen) atoms. The van der Waals surface area contributed by atoms with Crippen molar-refractivity contribution in [1.82, 2.24) is 9.21 Å². The van der Waals surface area contributed by atoms with Gasteiger partial charge in [0, 0.05) is 37.1 Å². The van der Waals surface area contributed by atoms with Crippen molar-refractivity contribution < 1.29 is 8.42 Å². The van der Waals surface area contributed by atoms with Crippen molar-refractivity contribution in [3.8, 4) is 0 Å². The lowest BCUT2D eigenvalue weighted by Gasteiger charge is -2.39. The molecule has 3 aliphatic rings. The molecule has 6 heteroatoms. The van der Waals surface area contributed by atoms with Crippen LogP contribution in [0.2, 0.25) is 0 Å². The molecule has 0 radical (unpaired) electrons. The SMILES string of the molecule is O=S(=O)(c1ccc2c(c1)CCCC2)N1CCC(N2CCc3sccc3C2)CC1. The van der Waals surface area contributed by atoms with Gasteiger partial charge in [-0.15, -0.1) is 11.3 Å². The van der Waals surface area contributed by atoms with Crippen molar-refractivity contribution in [2.24, 2.45) is 0 Å². The highest BCUT2D eigenvalue weighted by atomic mass is 32.2. The summed E-state index contributed by atoms with van der Waals surface area (Å²) in [6.07, 6.45) is 7.50. The van der Waals surface area contributed by atoms with Crippen LogP contribution in [0.1, 0.15) is 47.3 Å². The molecule has 0 amide bonds. The highest BCUT2D eigenvalue weighted by molar-refractivity contribution is 7.89. The van der Waals surface area contributed by atoms with Crippen molar-refractivity contribution in [2.45, 2.75) is 62.4 Å². The summed E-state index contributed by atoms with van der Waals surface area (Å²) >= 11 is 1.87. The van der Waals surface area contributed by atoms with Crippen LogP contribution in [-0.4, -0.2) is 43.3 Å². The molecular weight excluding hydrogens is 388 g/mol. The van der Waals surface area contributed by atoms with Gasteiger partial charge in [0.25, 0.3) is 0 Å². The quantitative estimate of drug-likeness (QED) is 0.763. The molecule has 4 nitrogen and oxygen atoms in total. The maximum absolute atomic E-state index is 13.2. The molecule has 5 rings (SSSR count). The summed E-state index contributed by atoms with van der Waals surface area (Å²) in [6, 6.07) is 8.57. The van der Waals surface area contributed by atoms with Gasteiger partial charge in [0.1, 0.15) is 0 Å². The predicted octanol–water partition coefficient (Wildman–Crippen LogP) is 3.84. The largest absolute Gasteiger partial charge is 0.296 e. The Hall–Kier alpha value is -1.21. The number of nitrogens with zero attached hydrogens (tertiary/aromatic N) is 2. The van der Waals surface area contributed by atoms with Crippen LogP contribution in [0.5, 0.6) is 0 Å². The van der Waals surface area contributed by atoms with Gasteiger partial charge in [-0.25, -0.2) is 8.42 Å². The second-order valence-corrected chi connectivity index (χ2v) is 11.3. The molecule has 1 aromatic heterocycles. The summed E-state index contributed by atoms with van der Waals surface area (Å²) in [4.78, 5) is 4.59. The van der Waals surface area contributed by atoms with E-state index < -0.39 is 10.0 Å². The molecule has 0 atom stereocenters. The number of thiophene rings is 1. The number of fused-ring (bicyclic) bond motifs is 2. The minimum atomic E-state index is -3.37. The van der Waals surface area contributed by atoms with E-state index in [1.54, 1.807) is 4.31 Å². The summed E-state index contributed by atoms with van der Waals surface area (Å²) < 4.78 is 28.1. The first kappa shape index (κ1) is 18.8. The fourth-order valence-corrected chi connectivity index (χ4v) is 7.46. The normalized spacial score (nSPS) is 22.0. The summed E-state index contributed by atoms with van der Waals surface area (Å²) in [6.45, 7) is 3.41. The lowest BCUT2D eigenvalue weighted by molar-refractivity contribution is 0.127. The smallest absolute Gasteiger partial charge is 0.243 e. The second kappa shape index (κ2) is 7.56. The van der Waals surface area contributed by atoms with Crippen LogP contribution < -0.4 is 0 Å². The molecule has 1 fully saturated rings. The molecule has 1 aromatic carbocycles. The first-order chi connectivity index (χ1) is 13.6. The monoisotopic (exact) mass is 416 g/mol. The summed E-state index contributed by atoms with van der Waals surface area (Å²) in [5.74, 6) is 0. The van der Waals surface area contributed by atoms with E-state index in [0.29, 0.717) is 24.0 Å². The number of benzene rings is 1. The maximum Gasteiger partial charge on any atom is 0.243 e.